The van der Waals surface area contributed by atoms with E-state index >= 15 is 0 Å². The number of anilines is 1. The third-order valence-corrected chi connectivity index (χ3v) is 7.45. The van der Waals surface area contributed by atoms with E-state index in [1.807, 2.05) is 0 Å². The SMILES string of the molecule is CCCCOc1ccc(OC)cc1NC(=O)C1CCN(S(=O)(=O)c2cc(F)ccc2F)CC1. The second-order valence-corrected chi connectivity index (χ2v) is 9.71. The van der Waals surface area contributed by atoms with Crippen molar-refractivity contribution in [3.63, 3.8) is 0 Å². The van der Waals surface area contributed by atoms with Gasteiger partial charge in [-0.3, -0.25) is 4.79 Å². The molecular weight excluding hydrogens is 454 g/mol. The molecule has 0 aromatic heterocycles. The lowest BCUT2D eigenvalue weighted by molar-refractivity contribution is -0.120. The Hall–Kier alpha value is -2.72. The summed E-state index contributed by atoms with van der Waals surface area (Å²) in [5.41, 5.74) is 0.479. The molecule has 0 radical (unpaired) electrons. The number of piperidine rings is 1. The van der Waals surface area contributed by atoms with E-state index in [9.17, 15) is 22.0 Å². The van der Waals surface area contributed by atoms with Crippen LogP contribution in [0.3, 0.4) is 0 Å². The van der Waals surface area contributed by atoms with Crippen LogP contribution in [-0.4, -0.2) is 45.4 Å². The second-order valence-electron chi connectivity index (χ2n) is 7.81. The van der Waals surface area contributed by atoms with Crippen molar-refractivity contribution in [1.29, 1.82) is 0 Å². The van der Waals surface area contributed by atoms with E-state index in [0.717, 1.165) is 29.3 Å². The van der Waals surface area contributed by atoms with Crippen molar-refractivity contribution in [2.24, 2.45) is 5.92 Å². The van der Waals surface area contributed by atoms with Gasteiger partial charge in [-0.15, -0.1) is 0 Å². The summed E-state index contributed by atoms with van der Waals surface area (Å²) in [6.07, 6.45) is 2.34. The molecule has 1 aliphatic heterocycles. The van der Waals surface area contributed by atoms with Gasteiger partial charge in [-0.1, -0.05) is 13.3 Å². The maximum Gasteiger partial charge on any atom is 0.246 e. The highest BCUT2D eigenvalue weighted by molar-refractivity contribution is 7.89. The van der Waals surface area contributed by atoms with Crippen LogP contribution in [0.2, 0.25) is 0 Å². The van der Waals surface area contributed by atoms with Crippen LogP contribution in [-0.2, 0) is 14.8 Å². The van der Waals surface area contributed by atoms with E-state index in [4.69, 9.17) is 9.47 Å². The van der Waals surface area contributed by atoms with E-state index < -0.39 is 32.5 Å². The quantitative estimate of drug-likeness (QED) is 0.542. The number of methoxy groups -OCH3 is 1. The number of nitrogens with one attached hydrogen (secondary N) is 1. The predicted molar refractivity (Wildman–Crippen MR) is 120 cm³/mol. The van der Waals surface area contributed by atoms with Gasteiger partial charge >= 0.3 is 0 Å². The largest absolute Gasteiger partial charge is 0.497 e. The van der Waals surface area contributed by atoms with Gasteiger partial charge in [-0.2, -0.15) is 4.31 Å². The Balaban J connectivity index is 1.67. The fourth-order valence-electron chi connectivity index (χ4n) is 3.59. The molecule has 1 N–H and O–H groups in total. The minimum atomic E-state index is -4.20. The van der Waals surface area contributed by atoms with Crippen LogP contribution in [0.25, 0.3) is 0 Å². The molecule has 0 saturated carbocycles. The molecule has 1 fully saturated rings. The minimum Gasteiger partial charge on any atom is -0.497 e. The molecule has 1 saturated heterocycles. The highest BCUT2D eigenvalue weighted by Gasteiger charge is 2.34. The molecule has 0 atom stereocenters. The molecular formula is C23H28F2N2O5S. The lowest BCUT2D eigenvalue weighted by Gasteiger charge is -2.30. The number of nitrogens with zero attached hydrogens (tertiary/aromatic N) is 1. The zero-order chi connectivity index (χ0) is 24.0. The maximum absolute atomic E-state index is 14.0. The summed E-state index contributed by atoms with van der Waals surface area (Å²) in [5.74, 6) is -1.46. The fraction of sp³-hybridized carbons (Fsp3) is 0.435. The van der Waals surface area contributed by atoms with E-state index in [0.29, 0.717) is 29.9 Å². The number of sulfonamides is 1. The first kappa shape index (κ1) is 24.9. The Labute approximate surface area is 192 Å². The first-order valence-corrected chi connectivity index (χ1v) is 12.3. The summed E-state index contributed by atoms with van der Waals surface area (Å²) in [7, 11) is -2.68. The lowest BCUT2D eigenvalue weighted by atomic mass is 9.97. The third-order valence-electron chi connectivity index (χ3n) is 5.54. The van der Waals surface area contributed by atoms with Gasteiger partial charge in [0.25, 0.3) is 0 Å². The van der Waals surface area contributed by atoms with Crippen LogP contribution in [0, 0.1) is 17.6 Å². The molecule has 7 nitrogen and oxygen atoms in total. The summed E-state index contributed by atoms with van der Waals surface area (Å²) in [6.45, 7) is 2.61. The Morgan fingerprint density at radius 2 is 1.88 bits per heavy atom. The molecule has 0 spiro atoms. The molecule has 0 aliphatic carbocycles. The number of benzene rings is 2. The number of carbonyl (C=O) groups excluding carboxylic acids is 1. The average Bonchev–Trinajstić information content (AvgIpc) is 2.81. The number of hydrogen-bond donors (Lipinski definition) is 1. The summed E-state index contributed by atoms with van der Waals surface area (Å²) < 4.78 is 65.1. The van der Waals surface area contributed by atoms with Crippen molar-refractivity contribution in [3.8, 4) is 11.5 Å². The molecule has 1 heterocycles. The van der Waals surface area contributed by atoms with Gasteiger partial charge in [0.15, 0.2) is 0 Å². The lowest BCUT2D eigenvalue weighted by Crippen LogP contribution is -2.41. The van der Waals surface area contributed by atoms with Crippen LogP contribution in [0.1, 0.15) is 32.6 Å². The standard InChI is InChI=1S/C23H28F2N2O5S/c1-3-4-13-32-21-8-6-18(31-2)15-20(21)26-23(28)16-9-11-27(12-10-16)33(29,30)22-14-17(24)5-7-19(22)25/h5-8,14-16H,3-4,9-13H2,1-2H3,(H,26,28). The molecule has 2 aromatic carbocycles. The van der Waals surface area contributed by atoms with Gasteiger partial charge in [0, 0.05) is 25.1 Å². The Kier molecular flexibility index (Phi) is 8.25. The van der Waals surface area contributed by atoms with Crippen molar-refractivity contribution in [3.05, 3.63) is 48.0 Å². The molecule has 3 rings (SSSR count). The first-order chi connectivity index (χ1) is 15.8. The monoisotopic (exact) mass is 482 g/mol. The molecule has 0 unspecified atom stereocenters. The van der Waals surface area contributed by atoms with Gasteiger partial charge in [0.1, 0.15) is 28.0 Å². The van der Waals surface area contributed by atoms with Crippen LogP contribution in [0.4, 0.5) is 14.5 Å². The molecule has 33 heavy (non-hydrogen) atoms. The fourth-order valence-corrected chi connectivity index (χ4v) is 5.14. The normalized spacial score (nSPS) is 15.3. The topological polar surface area (TPSA) is 84.9 Å². The number of ether oxygens (including phenoxy) is 2. The van der Waals surface area contributed by atoms with Crippen LogP contribution in [0.15, 0.2) is 41.3 Å². The summed E-state index contributed by atoms with van der Waals surface area (Å²) >= 11 is 0. The molecule has 1 amide bonds. The number of unbranched alkanes of at least 4 members (excludes halogenated alkanes) is 1. The van der Waals surface area contributed by atoms with E-state index in [1.54, 1.807) is 18.2 Å². The Morgan fingerprint density at radius 3 is 2.55 bits per heavy atom. The highest BCUT2D eigenvalue weighted by atomic mass is 32.2. The number of rotatable bonds is 9. The minimum absolute atomic E-state index is 0.0222. The Bertz CT molecular complexity index is 1090. The Morgan fingerprint density at radius 1 is 1.15 bits per heavy atom. The van der Waals surface area contributed by atoms with Crippen molar-refractivity contribution in [2.45, 2.75) is 37.5 Å². The first-order valence-electron chi connectivity index (χ1n) is 10.8. The van der Waals surface area contributed by atoms with Crippen molar-refractivity contribution >= 4 is 21.6 Å². The number of carbonyl (C=O) groups is 1. The second kappa shape index (κ2) is 10.9. The molecule has 1 aliphatic rings. The molecule has 10 heteroatoms. The average molecular weight is 483 g/mol. The maximum atomic E-state index is 14.0. The highest BCUT2D eigenvalue weighted by Crippen LogP contribution is 2.31. The predicted octanol–water partition coefficient (Wildman–Crippen LogP) is 4.19. The van der Waals surface area contributed by atoms with Gasteiger partial charge in [0.2, 0.25) is 15.9 Å². The molecule has 2 aromatic rings. The number of amides is 1. The van der Waals surface area contributed by atoms with Gasteiger partial charge in [-0.25, -0.2) is 17.2 Å². The third kappa shape index (κ3) is 6.00. The van der Waals surface area contributed by atoms with Crippen LogP contribution < -0.4 is 14.8 Å². The van der Waals surface area contributed by atoms with Gasteiger partial charge in [-0.05, 0) is 49.6 Å². The number of hydrogen-bond acceptors (Lipinski definition) is 5. The van der Waals surface area contributed by atoms with E-state index in [1.165, 1.54) is 7.11 Å². The van der Waals surface area contributed by atoms with Crippen molar-refractivity contribution < 1.29 is 31.5 Å². The van der Waals surface area contributed by atoms with Gasteiger partial charge < -0.3 is 14.8 Å². The van der Waals surface area contributed by atoms with Gasteiger partial charge in [0.05, 0.1) is 19.4 Å². The summed E-state index contributed by atoms with van der Waals surface area (Å²) in [5, 5.41) is 2.86. The zero-order valence-corrected chi connectivity index (χ0v) is 19.5. The van der Waals surface area contributed by atoms with Crippen molar-refractivity contribution in [1.82, 2.24) is 4.31 Å². The number of halogens is 2. The zero-order valence-electron chi connectivity index (χ0n) is 18.6. The summed E-state index contributed by atoms with van der Waals surface area (Å²) in [6, 6.07) is 7.47. The summed E-state index contributed by atoms with van der Waals surface area (Å²) in [4.78, 5) is 12.2. The van der Waals surface area contributed by atoms with Crippen LogP contribution >= 0.6 is 0 Å². The van der Waals surface area contributed by atoms with Crippen molar-refractivity contribution in [2.75, 3.05) is 32.1 Å². The van der Waals surface area contributed by atoms with E-state index in [-0.39, 0.29) is 31.8 Å². The smallest absolute Gasteiger partial charge is 0.246 e. The molecule has 0 bridgehead atoms. The van der Waals surface area contributed by atoms with E-state index in [2.05, 4.69) is 12.2 Å². The van der Waals surface area contributed by atoms with Crippen LogP contribution in [0.5, 0.6) is 11.5 Å². The molecule has 180 valence electrons.